The number of likely N-dealkylation sites (N-methyl/N-ethyl adjacent to an activating group) is 1. The molecule has 0 aromatic heterocycles. The van der Waals surface area contributed by atoms with Crippen molar-refractivity contribution in [3.05, 3.63) is 0 Å². The fraction of sp³-hybridized carbons (Fsp3) is 0.900. The molecule has 0 aliphatic carbocycles. The van der Waals surface area contributed by atoms with Crippen LogP contribution in [0.3, 0.4) is 0 Å². The van der Waals surface area contributed by atoms with Gasteiger partial charge in [0.25, 0.3) is 5.91 Å². The lowest BCUT2D eigenvalue weighted by Gasteiger charge is -2.50. The molecule has 0 aromatic carbocycles. The summed E-state index contributed by atoms with van der Waals surface area (Å²) in [6.45, 7) is 7.70. The summed E-state index contributed by atoms with van der Waals surface area (Å²) in [6, 6.07) is 0. The first kappa shape index (κ1) is 18.1. The molecule has 11 heteroatoms. The van der Waals surface area contributed by atoms with E-state index in [4.69, 9.17) is 13.0 Å². The summed E-state index contributed by atoms with van der Waals surface area (Å²) in [5, 5.41) is 2.72. The molecule has 1 N–H and O–H groups in total. The number of carbonyl (C=O) groups excluding carboxylic acids is 1. The highest BCUT2D eigenvalue weighted by Crippen LogP contribution is 2.20. The molecule has 2 bridgehead atoms. The number of quaternary nitrogens is 1. The van der Waals surface area contributed by atoms with Gasteiger partial charge >= 0.3 is 5.51 Å². The van der Waals surface area contributed by atoms with Crippen LogP contribution in [0.1, 0.15) is 0 Å². The van der Waals surface area contributed by atoms with Crippen molar-refractivity contribution < 1.29 is 35.4 Å². The molecule has 3 saturated heterocycles. The van der Waals surface area contributed by atoms with Crippen LogP contribution in [0.25, 0.3) is 0 Å². The van der Waals surface area contributed by atoms with Crippen LogP contribution in [-0.2, 0) is 14.9 Å². The Balaban J connectivity index is 0.000000240. The summed E-state index contributed by atoms with van der Waals surface area (Å²) in [6.07, 6.45) is 0. The van der Waals surface area contributed by atoms with Gasteiger partial charge in [-0.25, -0.2) is 8.42 Å². The van der Waals surface area contributed by atoms with Gasteiger partial charge in [0.2, 0.25) is 0 Å². The molecule has 7 nitrogen and oxygen atoms in total. The first-order valence-electron chi connectivity index (χ1n) is 6.29. The van der Waals surface area contributed by atoms with Crippen LogP contribution in [0.2, 0.25) is 0 Å². The van der Waals surface area contributed by atoms with Crippen LogP contribution in [0.4, 0.5) is 13.2 Å². The van der Waals surface area contributed by atoms with E-state index >= 15 is 0 Å². The number of fused-ring (bicyclic) bond motifs is 3. The van der Waals surface area contributed by atoms with Crippen molar-refractivity contribution in [3.8, 4) is 0 Å². The number of nitrogens with zero attached hydrogens (tertiary/aromatic N) is 2. The zero-order valence-electron chi connectivity index (χ0n) is 11.5. The number of hydrogen-bond acceptors (Lipinski definition) is 5. The van der Waals surface area contributed by atoms with E-state index < -0.39 is 15.6 Å². The van der Waals surface area contributed by atoms with Crippen LogP contribution in [-0.4, -0.2) is 86.6 Å². The number of nitrogens with one attached hydrogen (secondary N) is 1. The van der Waals surface area contributed by atoms with Gasteiger partial charge in [-0.15, -0.1) is 0 Å². The van der Waals surface area contributed by atoms with Gasteiger partial charge in [0.1, 0.15) is 0 Å². The highest BCUT2D eigenvalue weighted by atomic mass is 32.2. The maximum absolute atomic E-state index is 11.3. The SMILES string of the molecule is CNC(=O)C[N+]12CCN(CC1)CC2.O=S(=O)([O-])C(F)(F)F. The number of alkyl halides is 3. The van der Waals surface area contributed by atoms with Crippen LogP contribution in [0.5, 0.6) is 0 Å². The minimum absolute atomic E-state index is 0.190. The summed E-state index contributed by atoms with van der Waals surface area (Å²) in [5.74, 6) is 0.190. The number of hydrogen-bond donors (Lipinski definition) is 1. The lowest BCUT2D eigenvalue weighted by Crippen LogP contribution is -2.69. The third-order valence-electron chi connectivity index (χ3n) is 3.71. The Morgan fingerprint density at radius 3 is 1.90 bits per heavy atom. The topological polar surface area (TPSA) is 89.5 Å². The van der Waals surface area contributed by atoms with Gasteiger partial charge in [0.15, 0.2) is 16.7 Å². The van der Waals surface area contributed by atoms with E-state index in [1.54, 1.807) is 7.05 Å². The van der Waals surface area contributed by atoms with Crippen molar-refractivity contribution in [3.63, 3.8) is 0 Å². The minimum Gasteiger partial charge on any atom is -0.741 e. The van der Waals surface area contributed by atoms with Gasteiger partial charge in [-0.3, -0.25) is 9.69 Å². The third kappa shape index (κ3) is 5.09. The predicted octanol–water partition coefficient (Wildman–Crippen LogP) is -1.07. The van der Waals surface area contributed by atoms with E-state index in [1.807, 2.05) is 0 Å². The van der Waals surface area contributed by atoms with Crippen molar-refractivity contribution in [2.45, 2.75) is 5.51 Å². The number of amides is 1. The Labute approximate surface area is 121 Å². The Morgan fingerprint density at radius 2 is 1.62 bits per heavy atom. The highest BCUT2D eigenvalue weighted by molar-refractivity contribution is 7.86. The first-order valence-corrected chi connectivity index (χ1v) is 7.70. The molecule has 3 heterocycles. The molecule has 1 amide bonds. The molecule has 3 aliphatic rings. The fourth-order valence-electron chi connectivity index (χ4n) is 2.35. The second kappa shape index (κ2) is 6.46. The lowest BCUT2D eigenvalue weighted by molar-refractivity contribution is -0.933. The van der Waals surface area contributed by atoms with Crippen LogP contribution in [0.15, 0.2) is 0 Å². The third-order valence-corrected chi connectivity index (χ3v) is 4.28. The molecule has 0 spiro atoms. The standard InChI is InChI=1S/C9H17N3O.CHF3O3S/c1-10-9(13)8-12-5-2-11(3-6-12)4-7-12;2-1(3,4)8(5,6)7/h2-8H2,1H3;(H,5,6,7). The van der Waals surface area contributed by atoms with Gasteiger partial charge in [0, 0.05) is 26.7 Å². The van der Waals surface area contributed by atoms with Crippen LogP contribution in [0, 0.1) is 0 Å². The van der Waals surface area contributed by atoms with E-state index in [2.05, 4.69) is 10.2 Å². The Morgan fingerprint density at radius 1 is 1.24 bits per heavy atom. The van der Waals surface area contributed by atoms with Gasteiger partial charge in [-0.1, -0.05) is 0 Å². The van der Waals surface area contributed by atoms with Gasteiger partial charge in [0.05, 0.1) is 19.6 Å². The summed E-state index contributed by atoms with van der Waals surface area (Å²) < 4.78 is 59.9. The average molecular weight is 333 g/mol. The van der Waals surface area contributed by atoms with Crippen molar-refractivity contribution in [1.82, 2.24) is 10.2 Å². The predicted molar refractivity (Wildman–Crippen MR) is 66.0 cm³/mol. The molecule has 0 radical (unpaired) electrons. The number of carbonyl (C=O) groups is 1. The smallest absolute Gasteiger partial charge is 0.485 e. The largest absolute Gasteiger partial charge is 0.741 e. The monoisotopic (exact) mass is 333 g/mol. The lowest BCUT2D eigenvalue weighted by atomic mass is 10.1. The van der Waals surface area contributed by atoms with E-state index in [0.29, 0.717) is 6.54 Å². The molecular weight excluding hydrogens is 315 g/mol. The maximum atomic E-state index is 11.3. The molecule has 0 aromatic rings. The van der Waals surface area contributed by atoms with Crippen molar-refractivity contribution in [2.75, 3.05) is 52.9 Å². The molecule has 3 fully saturated rings. The Kier molecular flexibility index (Phi) is 5.58. The van der Waals surface area contributed by atoms with E-state index in [9.17, 15) is 18.0 Å². The summed E-state index contributed by atoms with van der Waals surface area (Å²) in [7, 11) is -4.37. The zero-order valence-corrected chi connectivity index (χ0v) is 12.3. The second-order valence-corrected chi connectivity index (χ2v) is 6.46. The van der Waals surface area contributed by atoms with Crippen LogP contribution >= 0.6 is 0 Å². The molecule has 0 saturated carbocycles. The number of halogens is 3. The molecular formula is C10H18F3N3O4S. The molecule has 0 unspecified atom stereocenters. The van der Waals surface area contributed by atoms with Crippen LogP contribution < -0.4 is 5.32 Å². The summed E-state index contributed by atoms with van der Waals surface area (Å²) in [5.41, 5.74) is -5.65. The van der Waals surface area contributed by atoms with E-state index in [1.165, 1.54) is 19.6 Å². The van der Waals surface area contributed by atoms with E-state index in [-0.39, 0.29) is 5.91 Å². The summed E-state index contributed by atoms with van der Waals surface area (Å²) >= 11 is 0. The number of piperazine rings is 3. The molecule has 3 aliphatic heterocycles. The zero-order chi connectivity index (χ0) is 16.3. The minimum atomic E-state index is -6.09. The van der Waals surface area contributed by atoms with Gasteiger partial charge in [-0.2, -0.15) is 13.2 Å². The molecule has 3 rings (SSSR count). The average Bonchev–Trinajstić information content (AvgIpc) is 2.38. The van der Waals surface area contributed by atoms with Crippen molar-refractivity contribution in [2.24, 2.45) is 0 Å². The fourth-order valence-corrected chi connectivity index (χ4v) is 2.35. The highest BCUT2D eigenvalue weighted by Gasteiger charge is 2.39. The quantitative estimate of drug-likeness (QED) is 0.395. The van der Waals surface area contributed by atoms with Crippen molar-refractivity contribution in [1.29, 1.82) is 0 Å². The second-order valence-electron chi connectivity index (χ2n) is 5.09. The molecule has 21 heavy (non-hydrogen) atoms. The van der Waals surface area contributed by atoms with Crippen molar-refractivity contribution >= 4 is 16.0 Å². The first-order chi connectivity index (χ1) is 9.49. The van der Waals surface area contributed by atoms with Gasteiger partial charge in [-0.05, 0) is 0 Å². The van der Waals surface area contributed by atoms with E-state index in [0.717, 1.165) is 24.1 Å². The van der Waals surface area contributed by atoms with Gasteiger partial charge < -0.3 is 14.4 Å². The molecule has 124 valence electrons. The normalized spacial score (nSPS) is 28.5. The molecule has 0 atom stereocenters. The Hall–Kier alpha value is -0.910. The number of rotatable bonds is 2. The maximum Gasteiger partial charge on any atom is 0.485 e. The summed E-state index contributed by atoms with van der Waals surface area (Å²) in [4.78, 5) is 13.8. The Bertz CT molecular complexity index is 459.